The number of hydrogen-bond donors (Lipinski definition) is 1. The summed E-state index contributed by atoms with van der Waals surface area (Å²) in [7, 11) is -4.83. The molecule has 2 fully saturated rings. The van der Waals surface area contributed by atoms with Gasteiger partial charge in [-0.3, -0.25) is 9.35 Å². The van der Waals surface area contributed by atoms with Gasteiger partial charge in [0, 0.05) is 18.7 Å². The van der Waals surface area contributed by atoms with Gasteiger partial charge in [-0.15, -0.1) is 0 Å². The van der Waals surface area contributed by atoms with Crippen molar-refractivity contribution in [3.8, 4) is 5.75 Å². The predicted molar refractivity (Wildman–Crippen MR) is 88.2 cm³/mol. The molecule has 0 amide bonds. The third-order valence-electron chi connectivity index (χ3n) is 5.73. The van der Waals surface area contributed by atoms with E-state index in [0.717, 1.165) is 6.07 Å². The molecule has 4 rings (SSSR count). The van der Waals surface area contributed by atoms with Crippen molar-refractivity contribution < 1.29 is 28.8 Å². The molecule has 0 aliphatic heterocycles. The average Bonchev–Trinajstić information content (AvgIpc) is 2.87. The Kier molecular flexibility index (Phi) is 2.49. The summed E-state index contributed by atoms with van der Waals surface area (Å²) >= 11 is 0. The number of Topliss-reactive ketones (excluding diaryl/α,β-unsaturated/α-hetero) is 1. The molecule has 3 aliphatic carbocycles. The third-order valence-corrected chi connectivity index (χ3v) is 6.13. The summed E-state index contributed by atoms with van der Waals surface area (Å²) in [6.07, 6.45) is -3.69. The van der Waals surface area contributed by atoms with Gasteiger partial charge in [0.25, 0.3) is 0 Å². The zero-order valence-electron chi connectivity index (χ0n) is 18.2. The summed E-state index contributed by atoms with van der Waals surface area (Å²) in [6, 6.07) is 3.65. The Bertz CT molecular complexity index is 1010. The number of benzene rings is 1. The van der Waals surface area contributed by atoms with Gasteiger partial charge in [-0.25, -0.2) is 0 Å². The molecular formula is C18H22O5S. The number of rotatable bonds is 2. The first kappa shape index (κ1) is 11.3. The van der Waals surface area contributed by atoms with Crippen LogP contribution in [0.4, 0.5) is 0 Å². The molecule has 0 aromatic heterocycles. The fourth-order valence-electron chi connectivity index (χ4n) is 4.48. The zero-order chi connectivity index (χ0) is 21.6. The molecule has 1 aromatic rings. The molecule has 6 heteroatoms. The van der Waals surface area contributed by atoms with Gasteiger partial charge in [-0.05, 0) is 73.0 Å². The molecule has 4 atom stereocenters. The van der Waals surface area contributed by atoms with Crippen molar-refractivity contribution in [1.82, 2.24) is 0 Å². The molecule has 3 aliphatic rings. The molecule has 0 saturated heterocycles. The highest BCUT2D eigenvalue weighted by molar-refractivity contribution is 7.81. The topological polar surface area (TPSA) is 80.7 Å². The lowest BCUT2D eigenvalue weighted by molar-refractivity contribution is -0.129. The van der Waals surface area contributed by atoms with Crippen LogP contribution in [0.3, 0.4) is 0 Å². The number of fused-ring (bicyclic) bond motifs is 5. The Hall–Kier alpha value is -1.40. The van der Waals surface area contributed by atoms with Gasteiger partial charge >= 0.3 is 10.4 Å². The van der Waals surface area contributed by atoms with E-state index in [-0.39, 0.29) is 29.1 Å². The Morgan fingerprint density at radius 3 is 2.96 bits per heavy atom. The zero-order valence-corrected chi connectivity index (χ0v) is 14.0. The number of carbonyl (C=O) groups is 1. The standard InChI is InChI=1S/C18H22O5S/c1-18-9-8-14-13-5-3-12(23-24(20,21)22)10-11(13)2-4-15(14)16(18)6-7-17(18)19/h3,5,10,14-16H,2,4,6-9H2,1H3,(H,20,21,22)/t14-,15-,16+,18+/m1/s1/i2D2,4D2,14D. The number of hydrogen-bond acceptors (Lipinski definition) is 4. The first-order valence-corrected chi connectivity index (χ1v) is 9.36. The first-order chi connectivity index (χ1) is 13.1. The van der Waals surface area contributed by atoms with E-state index in [0.29, 0.717) is 19.3 Å². The van der Waals surface area contributed by atoms with Gasteiger partial charge in [-0.2, -0.15) is 8.42 Å². The molecule has 24 heavy (non-hydrogen) atoms. The normalized spacial score (nSPS) is 45.4. The van der Waals surface area contributed by atoms with E-state index in [1.807, 2.05) is 0 Å². The lowest BCUT2D eigenvalue weighted by Crippen LogP contribution is -2.42. The summed E-state index contributed by atoms with van der Waals surface area (Å²) in [5, 5.41) is 0. The van der Waals surface area contributed by atoms with E-state index < -0.39 is 46.3 Å². The SMILES string of the molecule is [2H]C1([2H])c2cc(OS(=O)(=O)O)ccc2[C@@]2([2H])CC[C@]3(C)C(=O)CC[C@H]3[C@@H]2C1([2H])[2H]. The summed E-state index contributed by atoms with van der Waals surface area (Å²) in [5.41, 5.74) is -0.654. The van der Waals surface area contributed by atoms with E-state index in [2.05, 4.69) is 4.18 Å². The van der Waals surface area contributed by atoms with Crippen LogP contribution in [0.15, 0.2) is 18.2 Å². The van der Waals surface area contributed by atoms with Gasteiger partial charge in [0.2, 0.25) is 0 Å². The van der Waals surface area contributed by atoms with Gasteiger partial charge in [0.1, 0.15) is 11.5 Å². The minimum absolute atomic E-state index is 0.0450. The van der Waals surface area contributed by atoms with Crippen LogP contribution < -0.4 is 4.18 Å². The monoisotopic (exact) mass is 355 g/mol. The van der Waals surface area contributed by atoms with Crippen molar-refractivity contribution in [3.63, 3.8) is 0 Å². The van der Waals surface area contributed by atoms with Crippen molar-refractivity contribution in [2.24, 2.45) is 17.3 Å². The number of carbonyl (C=O) groups excluding carboxylic acids is 1. The van der Waals surface area contributed by atoms with E-state index in [1.165, 1.54) is 12.1 Å². The summed E-state index contributed by atoms with van der Waals surface area (Å²) < 4.78 is 79.2. The maximum Gasteiger partial charge on any atom is 0.446 e. The smallest absolute Gasteiger partial charge is 0.362 e. The highest BCUT2D eigenvalue weighted by atomic mass is 32.3. The van der Waals surface area contributed by atoms with Crippen LogP contribution in [0.2, 0.25) is 0 Å². The molecule has 2 saturated carbocycles. The quantitative estimate of drug-likeness (QED) is 0.823. The maximum atomic E-state index is 12.5. The lowest BCUT2D eigenvalue weighted by Gasteiger charge is -2.48. The summed E-state index contributed by atoms with van der Waals surface area (Å²) in [5.74, 6) is -3.26. The second kappa shape index (κ2) is 5.30. The Morgan fingerprint density at radius 1 is 1.42 bits per heavy atom. The Morgan fingerprint density at radius 2 is 2.21 bits per heavy atom. The molecule has 1 N–H and O–H groups in total. The largest absolute Gasteiger partial charge is 0.446 e. The second-order valence-corrected chi connectivity index (χ2v) is 8.00. The van der Waals surface area contributed by atoms with E-state index in [1.54, 1.807) is 6.92 Å². The van der Waals surface area contributed by atoms with Crippen molar-refractivity contribution >= 4 is 16.2 Å². The average molecular weight is 355 g/mol. The van der Waals surface area contributed by atoms with Gasteiger partial charge < -0.3 is 4.18 Å². The fraction of sp³-hybridized carbons (Fsp3) is 0.611. The van der Waals surface area contributed by atoms with Crippen LogP contribution in [0.5, 0.6) is 5.75 Å². The fourth-order valence-corrected chi connectivity index (χ4v) is 4.82. The van der Waals surface area contributed by atoms with E-state index in [9.17, 15) is 14.6 Å². The maximum absolute atomic E-state index is 12.5. The van der Waals surface area contributed by atoms with Crippen LogP contribution >= 0.6 is 0 Å². The second-order valence-electron chi connectivity index (χ2n) is 6.98. The Labute approximate surface area is 149 Å². The van der Waals surface area contributed by atoms with Crippen molar-refractivity contribution in [2.45, 2.75) is 51.2 Å². The molecular weight excluding hydrogens is 328 g/mol. The molecule has 0 unspecified atom stereocenters. The Balaban J connectivity index is 1.93. The molecule has 0 spiro atoms. The number of aryl methyl sites for hydroxylation is 1. The van der Waals surface area contributed by atoms with Crippen LogP contribution in [0, 0.1) is 17.3 Å². The lowest BCUT2D eigenvalue weighted by atomic mass is 9.55. The summed E-state index contributed by atoms with van der Waals surface area (Å²) in [4.78, 5) is 12.5. The van der Waals surface area contributed by atoms with E-state index in [4.69, 9.17) is 10.0 Å². The van der Waals surface area contributed by atoms with Crippen molar-refractivity contribution in [3.05, 3.63) is 29.3 Å². The molecule has 0 radical (unpaired) electrons. The van der Waals surface area contributed by atoms with Crippen LogP contribution in [-0.2, 0) is 21.6 Å². The van der Waals surface area contributed by atoms with Crippen molar-refractivity contribution in [1.29, 1.82) is 0 Å². The van der Waals surface area contributed by atoms with E-state index >= 15 is 0 Å². The molecule has 0 bridgehead atoms. The van der Waals surface area contributed by atoms with Crippen molar-refractivity contribution in [2.75, 3.05) is 0 Å². The first-order valence-electron chi connectivity index (χ1n) is 10.5. The van der Waals surface area contributed by atoms with Crippen LogP contribution in [-0.4, -0.2) is 18.8 Å². The third kappa shape index (κ3) is 2.47. The van der Waals surface area contributed by atoms with Gasteiger partial charge in [0.15, 0.2) is 0 Å². The molecule has 5 nitrogen and oxygen atoms in total. The van der Waals surface area contributed by atoms with Crippen LogP contribution in [0.25, 0.3) is 0 Å². The molecule has 130 valence electrons. The minimum Gasteiger partial charge on any atom is -0.362 e. The van der Waals surface area contributed by atoms with Gasteiger partial charge in [-0.1, -0.05) is 13.0 Å². The molecule has 0 heterocycles. The van der Waals surface area contributed by atoms with Gasteiger partial charge in [0.05, 0.1) is 0 Å². The summed E-state index contributed by atoms with van der Waals surface area (Å²) in [6.45, 7) is 1.80. The number of ketones is 1. The predicted octanol–water partition coefficient (Wildman–Crippen LogP) is 3.29. The highest BCUT2D eigenvalue weighted by Gasteiger charge is 2.54. The molecule has 1 aromatic carbocycles. The van der Waals surface area contributed by atoms with Crippen LogP contribution in [0.1, 0.15) is 62.9 Å². The highest BCUT2D eigenvalue weighted by Crippen LogP contribution is 2.59. The minimum atomic E-state index is -4.83.